The van der Waals surface area contributed by atoms with Crippen LogP contribution in [0.5, 0.6) is 0 Å². The zero-order valence-corrected chi connectivity index (χ0v) is 13.1. The van der Waals surface area contributed by atoms with Gasteiger partial charge in [0.15, 0.2) is 0 Å². The number of aromatic amines is 1. The molecule has 0 fully saturated rings. The maximum atomic E-state index is 12.6. The molecule has 1 heterocycles. The molecule has 0 saturated heterocycles. The Labute approximate surface area is 136 Å². The molecule has 24 heavy (non-hydrogen) atoms. The van der Waals surface area contributed by atoms with Crippen molar-refractivity contribution in [3.05, 3.63) is 59.8 Å². The van der Waals surface area contributed by atoms with Crippen LogP contribution < -0.4 is 5.14 Å². The third-order valence-electron chi connectivity index (χ3n) is 3.67. The van der Waals surface area contributed by atoms with Crippen molar-refractivity contribution in [2.75, 3.05) is 0 Å². The van der Waals surface area contributed by atoms with Crippen LogP contribution in [0, 0.1) is 0 Å². The third-order valence-corrected chi connectivity index (χ3v) is 4.38. The highest BCUT2D eigenvalue weighted by molar-refractivity contribution is 7.88. The number of benzene rings is 2. The van der Waals surface area contributed by atoms with Gasteiger partial charge in [-0.3, -0.25) is 0 Å². The first kappa shape index (κ1) is 16.5. The number of rotatable bonds is 3. The summed E-state index contributed by atoms with van der Waals surface area (Å²) in [6.07, 6.45) is -2.82. The van der Waals surface area contributed by atoms with Crippen LogP contribution in [0.4, 0.5) is 13.2 Å². The van der Waals surface area contributed by atoms with Crippen LogP contribution in [-0.2, 0) is 22.0 Å². The number of hydrogen-bond acceptors (Lipinski definition) is 2. The molecule has 2 aromatic carbocycles. The molecular weight excluding hydrogens is 341 g/mol. The van der Waals surface area contributed by atoms with E-state index < -0.39 is 21.8 Å². The Bertz CT molecular complexity index is 990. The SMILES string of the molecule is NS(=O)(=O)Cc1c[nH]c2ccc(-c3ccc(C(F)(F)F)cc3)cc12. The zero-order valence-electron chi connectivity index (χ0n) is 12.3. The first-order valence-electron chi connectivity index (χ1n) is 6.91. The molecule has 8 heteroatoms. The molecule has 0 unspecified atom stereocenters. The summed E-state index contributed by atoms with van der Waals surface area (Å²) in [4.78, 5) is 2.95. The molecule has 1 aromatic heterocycles. The Morgan fingerprint density at radius 3 is 2.21 bits per heavy atom. The number of aromatic nitrogens is 1. The minimum Gasteiger partial charge on any atom is -0.361 e. The maximum absolute atomic E-state index is 12.6. The van der Waals surface area contributed by atoms with Gasteiger partial charge in [0.25, 0.3) is 0 Å². The van der Waals surface area contributed by atoms with Crippen LogP contribution in [-0.4, -0.2) is 13.4 Å². The van der Waals surface area contributed by atoms with E-state index in [0.717, 1.165) is 17.6 Å². The fourth-order valence-electron chi connectivity index (χ4n) is 2.55. The van der Waals surface area contributed by atoms with E-state index >= 15 is 0 Å². The standard InChI is InChI=1S/C16H13F3N2O2S/c17-16(18,19)13-4-1-10(2-5-13)11-3-6-15-14(7-11)12(8-21-15)9-24(20,22)23/h1-8,21H,9H2,(H2,20,22,23). The normalized spacial score (nSPS) is 12.7. The summed E-state index contributed by atoms with van der Waals surface area (Å²) in [6.45, 7) is 0. The van der Waals surface area contributed by atoms with Crippen molar-refractivity contribution < 1.29 is 21.6 Å². The van der Waals surface area contributed by atoms with E-state index in [2.05, 4.69) is 4.98 Å². The smallest absolute Gasteiger partial charge is 0.361 e. The van der Waals surface area contributed by atoms with Crippen molar-refractivity contribution in [3.63, 3.8) is 0 Å². The van der Waals surface area contributed by atoms with Crippen molar-refractivity contribution in [1.82, 2.24) is 4.98 Å². The van der Waals surface area contributed by atoms with Crippen LogP contribution in [0.25, 0.3) is 22.0 Å². The second-order valence-electron chi connectivity index (χ2n) is 5.46. The molecule has 0 atom stereocenters. The first-order valence-corrected chi connectivity index (χ1v) is 8.63. The Kier molecular flexibility index (Phi) is 3.89. The fourth-order valence-corrected chi connectivity index (χ4v) is 3.22. The number of primary sulfonamides is 1. The molecule has 0 amide bonds. The van der Waals surface area contributed by atoms with Crippen LogP contribution in [0.3, 0.4) is 0 Å². The Hall–Kier alpha value is -2.32. The highest BCUT2D eigenvalue weighted by Crippen LogP contribution is 2.32. The van der Waals surface area contributed by atoms with Gasteiger partial charge in [-0.05, 0) is 41.0 Å². The summed E-state index contributed by atoms with van der Waals surface area (Å²) in [5, 5.41) is 5.74. The number of sulfonamides is 1. The van der Waals surface area contributed by atoms with E-state index in [1.54, 1.807) is 24.4 Å². The predicted molar refractivity (Wildman–Crippen MR) is 85.5 cm³/mol. The lowest BCUT2D eigenvalue weighted by molar-refractivity contribution is -0.137. The molecule has 0 bridgehead atoms. The van der Waals surface area contributed by atoms with Crippen molar-refractivity contribution in [1.29, 1.82) is 0 Å². The first-order chi connectivity index (χ1) is 11.1. The summed E-state index contributed by atoms with van der Waals surface area (Å²) in [5.74, 6) is -0.316. The number of hydrogen-bond donors (Lipinski definition) is 2. The predicted octanol–water partition coefficient (Wildman–Crippen LogP) is 3.64. The topological polar surface area (TPSA) is 76.0 Å². The minimum absolute atomic E-state index is 0.316. The van der Waals surface area contributed by atoms with Gasteiger partial charge in [0.05, 0.1) is 11.3 Å². The number of fused-ring (bicyclic) bond motifs is 1. The summed E-state index contributed by atoms with van der Waals surface area (Å²) < 4.78 is 60.5. The fraction of sp³-hybridized carbons (Fsp3) is 0.125. The molecule has 0 radical (unpaired) electrons. The van der Waals surface area contributed by atoms with Gasteiger partial charge >= 0.3 is 6.18 Å². The van der Waals surface area contributed by atoms with Crippen LogP contribution in [0.2, 0.25) is 0 Å². The lowest BCUT2D eigenvalue weighted by Crippen LogP contribution is -2.14. The van der Waals surface area contributed by atoms with Gasteiger partial charge in [-0.1, -0.05) is 18.2 Å². The van der Waals surface area contributed by atoms with E-state index in [4.69, 9.17) is 5.14 Å². The summed E-state index contributed by atoms with van der Waals surface area (Å²) in [7, 11) is -3.68. The van der Waals surface area contributed by atoms with Gasteiger partial charge in [-0.15, -0.1) is 0 Å². The van der Waals surface area contributed by atoms with Crippen molar-refractivity contribution in [2.45, 2.75) is 11.9 Å². The monoisotopic (exact) mass is 354 g/mol. The third kappa shape index (κ3) is 3.44. The van der Waals surface area contributed by atoms with Gasteiger partial charge in [0.1, 0.15) is 0 Å². The number of nitrogens with two attached hydrogens (primary N) is 1. The van der Waals surface area contributed by atoms with Gasteiger partial charge in [0.2, 0.25) is 10.0 Å². The van der Waals surface area contributed by atoms with Crippen molar-refractivity contribution in [2.24, 2.45) is 5.14 Å². The van der Waals surface area contributed by atoms with Gasteiger partial charge < -0.3 is 4.98 Å². The van der Waals surface area contributed by atoms with E-state index in [-0.39, 0.29) is 5.75 Å². The molecule has 0 saturated carbocycles. The molecule has 0 aliphatic rings. The van der Waals surface area contributed by atoms with Gasteiger partial charge in [-0.25, -0.2) is 13.6 Å². The second kappa shape index (κ2) is 5.64. The lowest BCUT2D eigenvalue weighted by Gasteiger charge is -2.08. The number of halogens is 3. The van der Waals surface area contributed by atoms with Crippen LogP contribution in [0.1, 0.15) is 11.1 Å². The molecule has 3 N–H and O–H groups in total. The Morgan fingerprint density at radius 1 is 1.00 bits per heavy atom. The quantitative estimate of drug-likeness (QED) is 0.753. The Balaban J connectivity index is 2.02. The van der Waals surface area contributed by atoms with E-state index in [0.29, 0.717) is 22.1 Å². The van der Waals surface area contributed by atoms with Crippen molar-refractivity contribution in [3.8, 4) is 11.1 Å². The van der Waals surface area contributed by atoms with Crippen LogP contribution in [0.15, 0.2) is 48.7 Å². The van der Waals surface area contributed by atoms with Gasteiger partial charge in [-0.2, -0.15) is 13.2 Å². The molecule has 4 nitrogen and oxygen atoms in total. The average Bonchev–Trinajstić information content (AvgIpc) is 2.87. The summed E-state index contributed by atoms with van der Waals surface area (Å²) in [6, 6.07) is 10.0. The largest absolute Gasteiger partial charge is 0.416 e. The molecule has 0 aliphatic heterocycles. The number of H-pyrrole nitrogens is 1. The second-order valence-corrected chi connectivity index (χ2v) is 7.07. The van der Waals surface area contributed by atoms with Gasteiger partial charge in [0, 0.05) is 17.1 Å². The van der Waals surface area contributed by atoms with Crippen molar-refractivity contribution >= 4 is 20.9 Å². The molecular formula is C16H13F3N2O2S. The molecule has 0 aliphatic carbocycles. The average molecular weight is 354 g/mol. The lowest BCUT2D eigenvalue weighted by atomic mass is 10.0. The number of alkyl halides is 3. The number of nitrogens with one attached hydrogen (secondary N) is 1. The highest BCUT2D eigenvalue weighted by Gasteiger charge is 2.29. The summed E-state index contributed by atoms with van der Waals surface area (Å²) in [5.41, 5.74) is 1.81. The Morgan fingerprint density at radius 2 is 1.62 bits per heavy atom. The molecule has 126 valence electrons. The summed E-state index contributed by atoms with van der Waals surface area (Å²) >= 11 is 0. The van der Waals surface area contributed by atoms with E-state index in [9.17, 15) is 21.6 Å². The van der Waals surface area contributed by atoms with E-state index in [1.165, 1.54) is 12.1 Å². The zero-order chi connectivity index (χ0) is 17.5. The molecule has 0 spiro atoms. The highest BCUT2D eigenvalue weighted by atomic mass is 32.2. The molecule has 3 rings (SSSR count). The van der Waals surface area contributed by atoms with E-state index in [1.807, 2.05) is 0 Å². The molecule has 3 aromatic rings. The maximum Gasteiger partial charge on any atom is 0.416 e. The van der Waals surface area contributed by atoms with Crippen LogP contribution >= 0.6 is 0 Å². The minimum atomic E-state index is -4.38.